The lowest BCUT2D eigenvalue weighted by Crippen LogP contribution is -2.50. The first-order chi connectivity index (χ1) is 12.0. The molecule has 2 aliphatic rings. The highest BCUT2D eigenvalue weighted by Gasteiger charge is 2.28. The van der Waals surface area contributed by atoms with Crippen LogP contribution in [0, 0.1) is 5.92 Å². The van der Waals surface area contributed by atoms with Crippen LogP contribution in [0.25, 0.3) is 0 Å². The van der Waals surface area contributed by atoms with E-state index in [1.165, 1.54) is 18.4 Å². The second-order valence-corrected chi connectivity index (χ2v) is 8.29. The first kappa shape index (κ1) is 16.2. The summed E-state index contributed by atoms with van der Waals surface area (Å²) >= 11 is 0. The van der Waals surface area contributed by atoms with Gasteiger partial charge in [0.15, 0.2) is 5.82 Å². The van der Waals surface area contributed by atoms with Crippen molar-refractivity contribution < 1.29 is 0 Å². The highest BCUT2D eigenvalue weighted by Crippen LogP contribution is 2.39. The summed E-state index contributed by atoms with van der Waals surface area (Å²) in [6.07, 6.45) is 6.50. The van der Waals surface area contributed by atoms with Crippen molar-refractivity contribution in [1.29, 1.82) is 0 Å². The Labute approximate surface area is 149 Å². The van der Waals surface area contributed by atoms with Gasteiger partial charge < -0.3 is 10.2 Å². The Morgan fingerprint density at radius 1 is 1.08 bits per heavy atom. The lowest BCUT2D eigenvalue weighted by atomic mass is 9.92. The fourth-order valence-electron chi connectivity index (χ4n) is 3.07. The summed E-state index contributed by atoms with van der Waals surface area (Å²) in [6.45, 7) is 9.35. The second kappa shape index (κ2) is 6.24. The molecule has 25 heavy (non-hydrogen) atoms. The Bertz CT molecular complexity index is 709. The maximum atomic E-state index is 4.42. The van der Waals surface area contributed by atoms with Crippen LogP contribution >= 0.6 is 0 Å². The molecule has 2 aromatic heterocycles. The highest BCUT2D eigenvalue weighted by atomic mass is 15.3. The van der Waals surface area contributed by atoms with Gasteiger partial charge in [0.2, 0.25) is 5.95 Å². The van der Waals surface area contributed by atoms with Gasteiger partial charge in [0.1, 0.15) is 0 Å². The van der Waals surface area contributed by atoms with Gasteiger partial charge in [-0.3, -0.25) is 0 Å². The number of hydrogen-bond donors (Lipinski definition) is 1. The van der Waals surface area contributed by atoms with Crippen molar-refractivity contribution in [2.24, 2.45) is 5.92 Å². The van der Waals surface area contributed by atoms with E-state index < -0.39 is 0 Å². The molecule has 2 fully saturated rings. The topological polar surface area (TPSA) is 66.8 Å². The minimum absolute atomic E-state index is 0.0436. The molecule has 6 heteroatoms. The number of nitrogens with one attached hydrogen (secondary N) is 1. The molecule has 4 rings (SSSR count). The Morgan fingerprint density at radius 2 is 1.80 bits per heavy atom. The van der Waals surface area contributed by atoms with Gasteiger partial charge in [-0.25, -0.2) is 9.97 Å². The van der Waals surface area contributed by atoms with E-state index in [4.69, 9.17) is 0 Å². The number of nitrogens with zero attached hydrogens (tertiary/aromatic N) is 5. The predicted molar refractivity (Wildman–Crippen MR) is 98.9 cm³/mol. The largest absolute Gasteiger partial charge is 0.354 e. The van der Waals surface area contributed by atoms with Crippen LogP contribution in [0.5, 0.6) is 0 Å². The van der Waals surface area contributed by atoms with Crippen LogP contribution < -0.4 is 10.2 Å². The summed E-state index contributed by atoms with van der Waals surface area (Å²) in [5.74, 6) is 3.00. The fraction of sp³-hybridized carbons (Fsp3) is 0.579. The van der Waals surface area contributed by atoms with Crippen LogP contribution in [0.3, 0.4) is 0 Å². The van der Waals surface area contributed by atoms with Crippen LogP contribution in [0.1, 0.15) is 50.8 Å². The van der Waals surface area contributed by atoms with E-state index in [1.807, 2.05) is 12.4 Å². The number of rotatable bonds is 5. The normalized spacial score (nSPS) is 18.1. The van der Waals surface area contributed by atoms with Crippen molar-refractivity contribution in [3.05, 3.63) is 35.8 Å². The molecule has 1 N–H and O–H groups in total. The Kier molecular flexibility index (Phi) is 4.06. The molecule has 0 amide bonds. The molecule has 1 saturated heterocycles. The van der Waals surface area contributed by atoms with Gasteiger partial charge in [0.05, 0.1) is 5.69 Å². The van der Waals surface area contributed by atoms with Crippen molar-refractivity contribution in [2.75, 3.05) is 29.9 Å². The van der Waals surface area contributed by atoms with E-state index in [1.54, 1.807) is 0 Å². The van der Waals surface area contributed by atoms with Gasteiger partial charge in [0, 0.05) is 43.4 Å². The molecule has 2 aromatic rings. The molecule has 1 saturated carbocycles. The summed E-state index contributed by atoms with van der Waals surface area (Å²) in [5.41, 5.74) is 2.35. The molecule has 3 heterocycles. The zero-order valence-corrected chi connectivity index (χ0v) is 15.2. The smallest absolute Gasteiger partial charge is 0.222 e. The van der Waals surface area contributed by atoms with Gasteiger partial charge in [-0.2, -0.15) is 5.10 Å². The molecule has 0 atom stereocenters. The molecule has 0 unspecified atom stereocenters. The number of anilines is 2. The number of hydrogen-bond acceptors (Lipinski definition) is 6. The van der Waals surface area contributed by atoms with E-state index in [2.05, 4.69) is 63.3 Å². The van der Waals surface area contributed by atoms with E-state index in [9.17, 15) is 0 Å². The fourth-order valence-corrected chi connectivity index (χ4v) is 3.07. The maximum Gasteiger partial charge on any atom is 0.222 e. The summed E-state index contributed by atoms with van der Waals surface area (Å²) in [5, 5.41) is 12.1. The van der Waals surface area contributed by atoms with Crippen molar-refractivity contribution in [2.45, 2.75) is 44.9 Å². The molecule has 0 radical (unpaired) electrons. The predicted octanol–water partition coefficient (Wildman–Crippen LogP) is 2.99. The molecule has 1 aliphatic carbocycles. The van der Waals surface area contributed by atoms with Crippen molar-refractivity contribution in [1.82, 2.24) is 20.2 Å². The molecule has 132 valence electrons. The third kappa shape index (κ3) is 3.72. The standard InChI is InChI=1S/C19H26N6/c1-19(2,3)16-6-7-17(24-23-16)25-11-13(12-25)8-20-18-21-9-15(10-22-18)14-4-5-14/h6-7,9-10,13-14H,4-5,8,11-12H2,1-3H3,(H,20,21,22). The Balaban J connectivity index is 1.24. The van der Waals surface area contributed by atoms with E-state index >= 15 is 0 Å². The van der Waals surface area contributed by atoms with Crippen LogP contribution in [0.15, 0.2) is 24.5 Å². The first-order valence-electron chi connectivity index (χ1n) is 9.14. The van der Waals surface area contributed by atoms with E-state index in [0.717, 1.165) is 37.1 Å². The monoisotopic (exact) mass is 338 g/mol. The summed E-state index contributed by atoms with van der Waals surface area (Å²) in [4.78, 5) is 11.1. The number of aromatic nitrogens is 4. The average molecular weight is 338 g/mol. The van der Waals surface area contributed by atoms with Gasteiger partial charge in [-0.15, -0.1) is 5.10 Å². The molecular weight excluding hydrogens is 312 g/mol. The minimum atomic E-state index is 0.0436. The zero-order valence-electron chi connectivity index (χ0n) is 15.2. The molecule has 6 nitrogen and oxygen atoms in total. The van der Waals surface area contributed by atoms with Gasteiger partial charge >= 0.3 is 0 Å². The summed E-state index contributed by atoms with van der Waals surface area (Å²) in [7, 11) is 0. The lowest BCUT2D eigenvalue weighted by Gasteiger charge is -2.40. The summed E-state index contributed by atoms with van der Waals surface area (Å²) < 4.78 is 0. The third-order valence-electron chi connectivity index (χ3n) is 4.97. The lowest BCUT2D eigenvalue weighted by molar-refractivity contribution is 0.423. The summed E-state index contributed by atoms with van der Waals surface area (Å²) in [6, 6.07) is 4.17. The van der Waals surface area contributed by atoms with E-state index in [-0.39, 0.29) is 5.41 Å². The van der Waals surface area contributed by atoms with Crippen molar-refractivity contribution in [3.63, 3.8) is 0 Å². The SMILES string of the molecule is CC(C)(C)c1ccc(N2CC(CNc3ncc(C4CC4)cn3)C2)nn1. The van der Waals surface area contributed by atoms with Crippen molar-refractivity contribution >= 4 is 11.8 Å². The zero-order chi connectivity index (χ0) is 17.4. The quantitative estimate of drug-likeness (QED) is 0.904. The van der Waals surface area contributed by atoms with Gasteiger partial charge in [-0.05, 0) is 36.5 Å². The molecule has 0 aromatic carbocycles. The van der Waals surface area contributed by atoms with E-state index in [0.29, 0.717) is 11.8 Å². The molecule has 1 aliphatic heterocycles. The van der Waals surface area contributed by atoms with Gasteiger partial charge in [0.25, 0.3) is 0 Å². The molecular formula is C19H26N6. The third-order valence-corrected chi connectivity index (χ3v) is 4.97. The van der Waals surface area contributed by atoms with Crippen LogP contribution in [0.4, 0.5) is 11.8 Å². The van der Waals surface area contributed by atoms with Crippen LogP contribution in [-0.4, -0.2) is 39.8 Å². The van der Waals surface area contributed by atoms with Crippen molar-refractivity contribution in [3.8, 4) is 0 Å². The first-order valence-corrected chi connectivity index (χ1v) is 9.14. The van der Waals surface area contributed by atoms with Crippen LogP contribution in [-0.2, 0) is 5.41 Å². The maximum absolute atomic E-state index is 4.42. The van der Waals surface area contributed by atoms with Gasteiger partial charge in [-0.1, -0.05) is 20.8 Å². The molecule has 0 spiro atoms. The Morgan fingerprint density at radius 3 is 2.36 bits per heavy atom. The Hall–Kier alpha value is -2.24. The van der Waals surface area contributed by atoms with Crippen LogP contribution in [0.2, 0.25) is 0 Å². The second-order valence-electron chi connectivity index (χ2n) is 8.29. The highest BCUT2D eigenvalue weighted by molar-refractivity contribution is 5.41. The minimum Gasteiger partial charge on any atom is -0.354 e. The molecule has 0 bridgehead atoms. The average Bonchev–Trinajstić information content (AvgIpc) is 3.38.